The van der Waals surface area contributed by atoms with Crippen LogP contribution in [-0.4, -0.2) is 38.4 Å². The van der Waals surface area contributed by atoms with E-state index in [0.717, 1.165) is 42.9 Å². The van der Waals surface area contributed by atoms with E-state index in [1.807, 2.05) is 71.6 Å². The molecule has 2 aliphatic rings. The number of imidazole rings is 1. The number of anilines is 1. The molecule has 0 radical (unpaired) electrons. The molecule has 9 nitrogen and oxygen atoms in total. The molecule has 1 amide bonds. The van der Waals surface area contributed by atoms with Crippen LogP contribution in [0.1, 0.15) is 31.7 Å². The number of carbonyl (C=O) groups is 1. The van der Waals surface area contributed by atoms with Crippen LogP contribution < -0.4 is 15.0 Å². The van der Waals surface area contributed by atoms with E-state index >= 15 is 0 Å². The molecular weight excluding hydrogens is 478 g/mol. The normalized spacial score (nSPS) is 17.8. The summed E-state index contributed by atoms with van der Waals surface area (Å²) in [7, 11) is 0. The standard InChI is InChI=1S/C29H28N7O2/c1-31-25(16-20-9-10-20)29(37)34-15-5-6-22(17-34)36-19-35(26-27(30)32-18-33-28(26)36)21-11-13-24(14-12-21)38-23-7-3-2-4-8-23/h2-4,7-8,11-14,16,18-20,22H,5-6,9-10,15,17H2,(H2,30,32,33)/q+1/b25-16-/t22-/m1/s1. The van der Waals surface area contributed by atoms with Crippen LogP contribution in [0, 0.1) is 12.5 Å². The fraction of sp³-hybridized carbons (Fsp3) is 0.276. The van der Waals surface area contributed by atoms with Crippen molar-refractivity contribution < 1.29 is 14.1 Å². The number of aromatic nitrogens is 4. The number of nitrogen functional groups attached to an aromatic ring is 1. The zero-order valence-corrected chi connectivity index (χ0v) is 20.9. The van der Waals surface area contributed by atoms with Crippen LogP contribution in [0.15, 0.2) is 79.0 Å². The van der Waals surface area contributed by atoms with Gasteiger partial charge in [-0.15, -0.1) is 0 Å². The zero-order chi connectivity index (χ0) is 26.1. The summed E-state index contributed by atoms with van der Waals surface area (Å²) < 4.78 is 10.0. The number of ether oxygens (including phenoxy) is 1. The molecule has 2 N–H and O–H groups in total. The van der Waals surface area contributed by atoms with Gasteiger partial charge in [0.1, 0.15) is 17.2 Å². The first-order valence-corrected chi connectivity index (χ1v) is 12.9. The number of piperidine rings is 1. The van der Waals surface area contributed by atoms with Gasteiger partial charge in [0.15, 0.2) is 18.5 Å². The monoisotopic (exact) mass is 506 g/mol. The molecule has 6 rings (SSSR count). The van der Waals surface area contributed by atoms with E-state index < -0.39 is 0 Å². The van der Waals surface area contributed by atoms with Crippen molar-refractivity contribution in [3.05, 3.63) is 90.4 Å². The number of para-hydroxylation sites is 1. The predicted molar refractivity (Wildman–Crippen MR) is 142 cm³/mol. The Bertz CT molecular complexity index is 1550. The van der Waals surface area contributed by atoms with E-state index in [9.17, 15) is 4.79 Å². The average Bonchev–Trinajstić information content (AvgIpc) is 3.69. The lowest BCUT2D eigenvalue weighted by atomic mass is 10.0. The van der Waals surface area contributed by atoms with Gasteiger partial charge >= 0.3 is 5.65 Å². The summed E-state index contributed by atoms with van der Waals surface area (Å²) in [4.78, 5) is 27.3. The molecule has 190 valence electrons. The average molecular weight is 507 g/mol. The number of hydrogen-bond donors (Lipinski definition) is 1. The molecule has 1 aliphatic carbocycles. The molecule has 0 bridgehead atoms. The van der Waals surface area contributed by atoms with Gasteiger partial charge in [-0.1, -0.05) is 29.3 Å². The molecule has 1 saturated heterocycles. The number of allylic oxidation sites excluding steroid dienone is 1. The summed E-state index contributed by atoms with van der Waals surface area (Å²) in [5, 5.41) is 0. The molecule has 0 unspecified atom stereocenters. The first-order chi connectivity index (χ1) is 18.6. The van der Waals surface area contributed by atoms with Gasteiger partial charge in [0.2, 0.25) is 11.2 Å². The van der Waals surface area contributed by atoms with Gasteiger partial charge in [-0.3, -0.25) is 4.79 Å². The number of amides is 1. The minimum absolute atomic E-state index is 0.000606. The van der Waals surface area contributed by atoms with E-state index in [1.54, 1.807) is 4.90 Å². The summed E-state index contributed by atoms with van der Waals surface area (Å²) in [6, 6.07) is 17.4. The van der Waals surface area contributed by atoms with Gasteiger partial charge in [-0.25, -0.2) is 14.0 Å². The zero-order valence-electron chi connectivity index (χ0n) is 20.9. The number of hydrogen-bond acceptors (Lipinski definition) is 5. The molecule has 0 spiro atoms. The molecule has 2 aromatic carbocycles. The van der Waals surface area contributed by atoms with Gasteiger partial charge in [0.25, 0.3) is 5.91 Å². The Labute approximate surface area is 220 Å². The second kappa shape index (κ2) is 9.98. The van der Waals surface area contributed by atoms with E-state index in [4.69, 9.17) is 17.0 Å². The van der Waals surface area contributed by atoms with Crippen molar-refractivity contribution in [3.63, 3.8) is 0 Å². The third kappa shape index (κ3) is 4.68. The van der Waals surface area contributed by atoms with Gasteiger partial charge in [-0.2, -0.15) is 4.98 Å². The smallest absolute Gasteiger partial charge is 0.308 e. The minimum atomic E-state index is -0.177. The summed E-state index contributed by atoms with van der Waals surface area (Å²) in [5.41, 5.74) is 8.89. The van der Waals surface area contributed by atoms with Crippen molar-refractivity contribution in [2.24, 2.45) is 5.92 Å². The molecule has 2 fully saturated rings. The lowest BCUT2D eigenvalue weighted by Gasteiger charge is -2.31. The van der Waals surface area contributed by atoms with Gasteiger partial charge < -0.3 is 15.4 Å². The maximum atomic E-state index is 13.1. The fourth-order valence-corrected chi connectivity index (χ4v) is 4.97. The summed E-state index contributed by atoms with van der Waals surface area (Å²) in [6.45, 7) is 8.67. The molecule has 3 heterocycles. The van der Waals surface area contributed by atoms with Crippen LogP contribution in [0.3, 0.4) is 0 Å². The van der Waals surface area contributed by atoms with Crippen molar-refractivity contribution in [1.29, 1.82) is 0 Å². The predicted octanol–water partition coefficient (Wildman–Crippen LogP) is 4.46. The number of carbonyl (C=O) groups excluding carboxylic acids is 1. The second-order valence-corrected chi connectivity index (χ2v) is 9.78. The Morgan fingerprint density at radius 2 is 1.84 bits per heavy atom. The minimum Gasteiger partial charge on any atom is -0.457 e. The van der Waals surface area contributed by atoms with Crippen molar-refractivity contribution in [2.75, 3.05) is 18.8 Å². The summed E-state index contributed by atoms with van der Waals surface area (Å²) in [5.74, 6) is 2.07. The quantitative estimate of drug-likeness (QED) is 0.237. The van der Waals surface area contributed by atoms with Crippen LogP contribution >= 0.6 is 0 Å². The molecular formula is C29H28N7O2+. The first-order valence-electron chi connectivity index (χ1n) is 12.9. The van der Waals surface area contributed by atoms with Crippen molar-refractivity contribution in [3.8, 4) is 17.2 Å². The van der Waals surface area contributed by atoms with E-state index in [-0.39, 0.29) is 17.6 Å². The molecule has 9 heteroatoms. The highest BCUT2D eigenvalue weighted by Gasteiger charge is 2.33. The Hall–Kier alpha value is -4.71. The molecule has 1 atom stereocenters. The van der Waals surface area contributed by atoms with Crippen LogP contribution in [-0.2, 0) is 4.79 Å². The molecule has 2 aromatic heterocycles. The second-order valence-electron chi connectivity index (χ2n) is 9.78. The maximum absolute atomic E-state index is 13.1. The topological polar surface area (TPSA) is 94.5 Å². The summed E-state index contributed by atoms with van der Waals surface area (Å²) in [6.07, 6.45) is 9.15. The third-order valence-corrected chi connectivity index (χ3v) is 7.08. The molecule has 4 aromatic rings. The Morgan fingerprint density at radius 3 is 2.58 bits per heavy atom. The lowest BCUT2D eigenvalue weighted by Crippen LogP contribution is -2.50. The number of rotatable bonds is 6. The lowest BCUT2D eigenvalue weighted by molar-refractivity contribution is -0.702. The SMILES string of the molecule is [C-]#[N+]/C(=C\C1CC1)C(=O)N1CCC[C@@H]([n+]2cn(-c3ccc(Oc4ccccc4)cc3)c3c(N)ncnc32)C1. The number of nitrogens with zero attached hydrogens (tertiary/aromatic N) is 6. The maximum Gasteiger partial charge on any atom is 0.308 e. The largest absolute Gasteiger partial charge is 0.457 e. The van der Waals surface area contributed by atoms with Crippen LogP contribution in [0.4, 0.5) is 5.82 Å². The van der Waals surface area contributed by atoms with Gasteiger partial charge in [0.05, 0.1) is 19.2 Å². The Kier molecular flexibility index (Phi) is 6.22. The molecule has 1 saturated carbocycles. The Morgan fingerprint density at radius 1 is 1.08 bits per heavy atom. The highest BCUT2D eigenvalue weighted by Crippen LogP contribution is 2.32. The Balaban J connectivity index is 1.30. The molecule has 38 heavy (non-hydrogen) atoms. The van der Waals surface area contributed by atoms with E-state index in [0.29, 0.717) is 36.0 Å². The van der Waals surface area contributed by atoms with Gasteiger partial charge in [-0.05, 0) is 68.0 Å². The van der Waals surface area contributed by atoms with Crippen molar-refractivity contribution in [2.45, 2.75) is 31.7 Å². The third-order valence-electron chi connectivity index (χ3n) is 7.08. The van der Waals surface area contributed by atoms with E-state index in [1.165, 1.54) is 6.33 Å². The van der Waals surface area contributed by atoms with E-state index in [2.05, 4.69) is 19.4 Å². The van der Waals surface area contributed by atoms with Crippen LogP contribution in [0.2, 0.25) is 0 Å². The number of nitrogens with two attached hydrogens (primary N) is 1. The summed E-state index contributed by atoms with van der Waals surface area (Å²) >= 11 is 0. The van der Waals surface area contributed by atoms with Crippen molar-refractivity contribution >= 4 is 22.9 Å². The van der Waals surface area contributed by atoms with Crippen molar-refractivity contribution in [1.82, 2.24) is 19.4 Å². The number of fused-ring (bicyclic) bond motifs is 1. The van der Waals surface area contributed by atoms with Gasteiger partial charge in [0, 0.05) is 6.54 Å². The number of likely N-dealkylation sites (tertiary alicyclic amines) is 1. The first kappa shape index (κ1) is 23.7. The van der Waals surface area contributed by atoms with Crippen LogP contribution in [0.5, 0.6) is 11.5 Å². The molecule has 1 aliphatic heterocycles. The highest BCUT2D eigenvalue weighted by molar-refractivity contribution is 5.95. The fourth-order valence-electron chi connectivity index (χ4n) is 4.97. The highest BCUT2D eigenvalue weighted by atomic mass is 16.5. The van der Waals surface area contributed by atoms with Crippen LogP contribution in [0.25, 0.3) is 21.7 Å². The number of benzene rings is 2.